The maximum atomic E-state index is 6.54. The molecule has 0 N–H and O–H groups in total. The van der Waals surface area contributed by atoms with E-state index in [4.69, 9.17) is 4.74 Å². The van der Waals surface area contributed by atoms with Crippen LogP contribution in [0, 0.1) is 27.7 Å². The van der Waals surface area contributed by atoms with Crippen LogP contribution in [0.25, 0.3) is 22.3 Å². The third-order valence-electron chi connectivity index (χ3n) is 10.5. The summed E-state index contributed by atoms with van der Waals surface area (Å²) in [6.45, 7) is 8.54. The molecule has 57 heavy (non-hydrogen) atoms. The van der Waals surface area contributed by atoms with Gasteiger partial charge in [0.05, 0.1) is 0 Å². The zero-order valence-electron chi connectivity index (χ0n) is 33.0. The Kier molecular flexibility index (Phi) is 10.9. The van der Waals surface area contributed by atoms with Crippen LogP contribution in [0.5, 0.6) is 11.5 Å². The molecule has 8 aromatic carbocycles. The van der Waals surface area contributed by atoms with Gasteiger partial charge in [-0.2, -0.15) is 0 Å². The maximum absolute atomic E-state index is 6.54. The number of rotatable bonds is 10. The molecule has 1 nitrogen and oxygen atoms in total. The number of aryl methyl sites for hydroxylation is 4. The molecule has 0 aliphatic heterocycles. The minimum absolute atomic E-state index is 0.782. The van der Waals surface area contributed by atoms with Crippen molar-refractivity contribution >= 4 is 22.3 Å². The molecular weight excluding hydrogens is 689 g/mol. The summed E-state index contributed by atoms with van der Waals surface area (Å²) in [5.74, 6) is 1.57. The van der Waals surface area contributed by atoms with Gasteiger partial charge in [-0.15, -0.1) is 0 Å². The summed E-state index contributed by atoms with van der Waals surface area (Å²) >= 11 is 0. The molecule has 0 saturated heterocycles. The van der Waals surface area contributed by atoms with Crippen molar-refractivity contribution in [1.82, 2.24) is 0 Å². The van der Waals surface area contributed by atoms with Crippen LogP contribution in [-0.4, -0.2) is 0 Å². The predicted molar refractivity (Wildman–Crippen MR) is 241 cm³/mol. The van der Waals surface area contributed by atoms with Crippen molar-refractivity contribution in [3.05, 3.63) is 273 Å². The van der Waals surface area contributed by atoms with Crippen LogP contribution >= 0.6 is 0 Å². The molecule has 0 aromatic heterocycles. The zero-order chi connectivity index (χ0) is 39.1. The summed E-state index contributed by atoms with van der Waals surface area (Å²) < 4.78 is 6.54. The van der Waals surface area contributed by atoms with E-state index < -0.39 is 0 Å². The second kappa shape index (κ2) is 16.8. The van der Waals surface area contributed by atoms with Gasteiger partial charge in [0.25, 0.3) is 0 Å². The van der Waals surface area contributed by atoms with Gasteiger partial charge in [-0.3, -0.25) is 0 Å². The van der Waals surface area contributed by atoms with Gasteiger partial charge in [0, 0.05) is 0 Å². The second-order valence-electron chi connectivity index (χ2n) is 14.8. The third-order valence-corrected chi connectivity index (χ3v) is 10.5. The van der Waals surface area contributed by atoms with Crippen molar-refractivity contribution in [2.75, 3.05) is 0 Å². The highest BCUT2D eigenvalue weighted by Crippen LogP contribution is 2.40. The molecule has 8 aromatic rings. The van der Waals surface area contributed by atoms with Gasteiger partial charge in [0.15, 0.2) is 0 Å². The fourth-order valence-corrected chi connectivity index (χ4v) is 7.43. The molecule has 0 bridgehead atoms. The van der Waals surface area contributed by atoms with Crippen molar-refractivity contribution in [3.63, 3.8) is 0 Å². The predicted octanol–water partition coefficient (Wildman–Crippen LogP) is 14.7. The minimum atomic E-state index is 0.782. The summed E-state index contributed by atoms with van der Waals surface area (Å²) in [4.78, 5) is 0. The third kappa shape index (κ3) is 8.49. The van der Waals surface area contributed by atoms with Crippen molar-refractivity contribution in [3.8, 4) is 11.5 Å². The van der Waals surface area contributed by atoms with Gasteiger partial charge >= 0.3 is 0 Å². The molecule has 0 unspecified atom stereocenters. The van der Waals surface area contributed by atoms with E-state index in [0.717, 1.165) is 28.2 Å². The summed E-state index contributed by atoms with van der Waals surface area (Å²) in [6.07, 6.45) is 0. The number of benzene rings is 8. The van der Waals surface area contributed by atoms with E-state index in [1.807, 2.05) is 0 Å². The Balaban J connectivity index is 1.18. The van der Waals surface area contributed by atoms with Gasteiger partial charge in [-0.05, 0) is 119 Å². The Morgan fingerprint density at radius 2 is 0.421 bits per heavy atom. The zero-order valence-corrected chi connectivity index (χ0v) is 33.0. The van der Waals surface area contributed by atoms with E-state index in [1.165, 1.54) is 72.4 Å². The van der Waals surface area contributed by atoms with E-state index in [2.05, 4.69) is 234 Å². The first-order chi connectivity index (χ1) is 27.9. The molecule has 0 amide bonds. The van der Waals surface area contributed by atoms with Gasteiger partial charge < -0.3 is 4.74 Å². The SMILES string of the molecule is Cc1ccc(C(=C(c2ccccc2)c2ccc(Oc3ccc(C(=C(c4ccc(C)cc4)c4ccc(C)cc4)c4ccc(C)cc4)cc3)cc2)c2ccccc2)cc1. The molecule has 0 atom stereocenters. The molecule has 0 radical (unpaired) electrons. The topological polar surface area (TPSA) is 9.23 Å². The quantitative estimate of drug-likeness (QED) is 0.127. The number of ether oxygens (including phenoxy) is 1. The standard InChI is InChI=1S/C56H46O/c1-39-15-23-45(24-16-39)53(43-11-7-5-8-12-43)54(44-13-9-6-10-14-44)49-31-35-51(36-32-49)57-52-37-33-50(34-38-52)56(48-29-21-42(4)22-30-48)55(46-25-17-40(2)18-26-46)47-27-19-41(3)20-28-47/h5-38H,1-4H3. The Labute approximate surface area is 337 Å². The minimum Gasteiger partial charge on any atom is -0.457 e. The molecule has 0 spiro atoms. The van der Waals surface area contributed by atoms with E-state index >= 15 is 0 Å². The Morgan fingerprint density at radius 3 is 0.649 bits per heavy atom. The van der Waals surface area contributed by atoms with E-state index in [9.17, 15) is 0 Å². The van der Waals surface area contributed by atoms with E-state index in [0.29, 0.717) is 0 Å². The highest BCUT2D eigenvalue weighted by molar-refractivity contribution is 6.05. The average Bonchev–Trinajstić information content (AvgIpc) is 3.25. The van der Waals surface area contributed by atoms with Crippen LogP contribution in [0.2, 0.25) is 0 Å². The largest absolute Gasteiger partial charge is 0.457 e. The molecule has 0 saturated carbocycles. The highest BCUT2D eigenvalue weighted by atomic mass is 16.5. The maximum Gasteiger partial charge on any atom is 0.127 e. The summed E-state index contributed by atoms with van der Waals surface area (Å²) in [5, 5.41) is 0. The molecule has 0 fully saturated rings. The fourth-order valence-electron chi connectivity index (χ4n) is 7.43. The van der Waals surface area contributed by atoms with Crippen LogP contribution in [0.1, 0.15) is 66.8 Å². The monoisotopic (exact) mass is 734 g/mol. The molecular formula is C56H46O. The molecule has 276 valence electrons. The average molecular weight is 735 g/mol. The number of hydrogen-bond donors (Lipinski definition) is 0. The lowest BCUT2D eigenvalue weighted by atomic mass is 9.85. The molecule has 1 heteroatoms. The van der Waals surface area contributed by atoms with E-state index in [1.54, 1.807) is 0 Å². The van der Waals surface area contributed by atoms with Crippen molar-refractivity contribution in [2.24, 2.45) is 0 Å². The second-order valence-corrected chi connectivity index (χ2v) is 14.8. The lowest BCUT2D eigenvalue weighted by Gasteiger charge is -2.19. The van der Waals surface area contributed by atoms with Crippen LogP contribution in [0.4, 0.5) is 0 Å². The molecule has 0 heterocycles. The molecule has 0 aliphatic carbocycles. The van der Waals surface area contributed by atoms with Crippen LogP contribution in [0.15, 0.2) is 206 Å². The van der Waals surface area contributed by atoms with Crippen LogP contribution in [-0.2, 0) is 0 Å². The lowest BCUT2D eigenvalue weighted by molar-refractivity contribution is 0.482. The summed E-state index contributed by atoms with van der Waals surface area (Å²) in [6, 6.07) is 73.9. The van der Waals surface area contributed by atoms with Crippen LogP contribution in [0.3, 0.4) is 0 Å². The Hall–Kier alpha value is -6.96. The first kappa shape index (κ1) is 37.0. The van der Waals surface area contributed by atoms with Crippen molar-refractivity contribution < 1.29 is 4.74 Å². The van der Waals surface area contributed by atoms with Crippen molar-refractivity contribution in [1.29, 1.82) is 0 Å². The van der Waals surface area contributed by atoms with Gasteiger partial charge in [-0.25, -0.2) is 0 Å². The fraction of sp³-hybridized carbons (Fsp3) is 0.0714. The normalized spacial score (nSPS) is 11.4. The van der Waals surface area contributed by atoms with Gasteiger partial charge in [-0.1, -0.05) is 204 Å². The molecule has 0 aliphatic rings. The summed E-state index contributed by atoms with van der Waals surface area (Å²) in [5.41, 5.74) is 19.0. The Morgan fingerprint density at radius 1 is 0.228 bits per heavy atom. The first-order valence-corrected chi connectivity index (χ1v) is 19.7. The number of hydrogen-bond acceptors (Lipinski definition) is 1. The van der Waals surface area contributed by atoms with E-state index in [-0.39, 0.29) is 0 Å². The lowest BCUT2D eigenvalue weighted by Crippen LogP contribution is -1.98. The first-order valence-electron chi connectivity index (χ1n) is 19.7. The van der Waals surface area contributed by atoms with Gasteiger partial charge in [0.2, 0.25) is 0 Å². The smallest absolute Gasteiger partial charge is 0.127 e. The Bertz CT molecular complexity index is 2580. The van der Waals surface area contributed by atoms with Crippen molar-refractivity contribution in [2.45, 2.75) is 27.7 Å². The summed E-state index contributed by atoms with van der Waals surface area (Å²) in [7, 11) is 0. The highest BCUT2D eigenvalue weighted by Gasteiger charge is 2.18. The van der Waals surface area contributed by atoms with Crippen LogP contribution < -0.4 is 4.74 Å². The molecule has 8 rings (SSSR count). The van der Waals surface area contributed by atoms with Gasteiger partial charge in [0.1, 0.15) is 11.5 Å².